The molecule has 0 aliphatic carbocycles. The molecule has 138 valence electrons. The van der Waals surface area contributed by atoms with Crippen LogP contribution in [0.2, 0.25) is 0 Å². The van der Waals surface area contributed by atoms with E-state index in [0.29, 0.717) is 5.95 Å². The zero-order valence-corrected chi connectivity index (χ0v) is 15.2. The molecule has 1 unspecified atom stereocenters. The zero-order valence-electron chi connectivity index (χ0n) is 15.2. The van der Waals surface area contributed by atoms with Crippen molar-refractivity contribution in [3.05, 3.63) is 42.7 Å². The maximum atomic E-state index is 5.63. The molecule has 1 atom stereocenters. The van der Waals surface area contributed by atoms with Crippen LogP contribution in [0.4, 0.5) is 5.95 Å². The highest BCUT2D eigenvalue weighted by molar-refractivity contribution is 5.79. The van der Waals surface area contributed by atoms with Gasteiger partial charge >= 0.3 is 0 Å². The summed E-state index contributed by atoms with van der Waals surface area (Å²) in [7, 11) is 0. The monoisotopic (exact) mass is 363 g/mol. The van der Waals surface area contributed by atoms with E-state index < -0.39 is 0 Å². The average Bonchev–Trinajstić information content (AvgIpc) is 3.44. The van der Waals surface area contributed by atoms with Gasteiger partial charge in [0.1, 0.15) is 0 Å². The molecular weight excluding hydrogens is 342 g/mol. The van der Waals surface area contributed by atoms with Crippen LogP contribution in [-0.4, -0.2) is 48.2 Å². The number of aryl methyl sites for hydroxylation is 1. The summed E-state index contributed by atoms with van der Waals surface area (Å²) in [5.74, 6) is 1.33. The molecule has 1 fully saturated rings. The second-order valence-electron chi connectivity index (χ2n) is 6.77. The molecule has 1 aliphatic rings. The number of anilines is 1. The predicted octanol–water partition coefficient (Wildman–Crippen LogP) is 2.59. The van der Waals surface area contributed by atoms with E-state index in [1.54, 1.807) is 0 Å². The Labute approximate surface area is 156 Å². The van der Waals surface area contributed by atoms with E-state index in [4.69, 9.17) is 4.74 Å². The van der Waals surface area contributed by atoms with Gasteiger partial charge < -0.3 is 10.1 Å². The standard InChI is InChI=1S/C19H21N7O/c1-2-14-9-23-19-22-8-13(12-25(14)19)16-5-6-26-17(16)11-21-18(24-26)20-10-15-4-3-7-27-15/h5-6,8-9,11-12,15H,2-4,7,10H2,1H3,(H,20,24). The Bertz CT molecular complexity index is 1090. The van der Waals surface area contributed by atoms with Gasteiger partial charge in [-0.15, -0.1) is 5.10 Å². The van der Waals surface area contributed by atoms with Crippen molar-refractivity contribution >= 4 is 17.2 Å². The molecule has 0 aromatic carbocycles. The van der Waals surface area contributed by atoms with E-state index in [1.165, 1.54) is 0 Å². The van der Waals surface area contributed by atoms with Gasteiger partial charge in [-0.05, 0) is 25.3 Å². The van der Waals surface area contributed by atoms with E-state index in [0.717, 1.165) is 60.5 Å². The molecule has 5 heterocycles. The summed E-state index contributed by atoms with van der Waals surface area (Å²) < 4.78 is 9.52. The van der Waals surface area contributed by atoms with Crippen molar-refractivity contribution in [2.24, 2.45) is 0 Å². The number of hydrogen-bond acceptors (Lipinski definition) is 6. The molecule has 1 saturated heterocycles. The smallest absolute Gasteiger partial charge is 0.241 e. The second kappa shape index (κ2) is 6.62. The zero-order chi connectivity index (χ0) is 18.2. The molecule has 8 heteroatoms. The van der Waals surface area contributed by atoms with Crippen LogP contribution in [0, 0.1) is 0 Å². The molecule has 0 radical (unpaired) electrons. The largest absolute Gasteiger partial charge is 0.376 e. The second-order valence-corrected chi connectivity index (χ2v) is 6.77. The highest BCUT2D eigenvalue weighted by Crippen LogP contribution is 2.25. The van der Waals surface area contributed by atoms with Crippen LogP contribution in [0.5, 0.6) is 0 Å². The Morgan fingerprint density at radius 2 is 2.15 bits per heavy atom. The molecule has 0 amide bonds. The summed E-state index contributed by atoms with van der Waals surface area (Å²) >= 11 is 0. The van der Waals surface area contributed by atoms with Crippen LogP contribution in [0.25, 0.3) is 22.4 Å². The summed E-state index contributed by atoms with van der Waals surface area (Å²) in [6.45, 7) is 3.70. The highest BCUT2D eigenvalue weighted by atomic mass is 16.5. The Morgan fingerprint density at radius 1 is 1.22 bits per heavy atom. The van der Waals surface area contributed by atoms with Crippen LogP contribution >= 0.6 is 0 Å². The molecule has 4 aromatic heterocycles. The molecule has 0 saturated carbocycles. The number of imidazole rings is 1. The third kappa shape index (κ3) is 2.91. The minimum atomic E-state index is 0.255. The molecule has 0 bridgehead atoms. The van der Waals surface area contributed by atoms with Crippen LogP contribution in [0.15, 0.2) is 37.1 Å². The van der Waals surface area contributed by atoms with Crippen molar-refractivity contribution in [3.8, 4) is 11.1 Å². The topological polar surface area (TPSA) is 81.6 Å². The SMILES string of the molecule is CCc1cnc2ncc(-c3ccn4nc(NCC5CCCO5)ncc34)cn12. The fraction of sp³-hybridized carbons (Fsp3) is 0.368. The fourth-order valence-electron chi connectivity index (χ4n) is 3.56. The number of hydrogen-bond donors (Lipinski definition) is 1. The fourth-order valence-corrected chi connectivity index (χ4v) is 3.56. The van der Waals surface area contributed by atoms with E-state index in [2.05, 4.69) is 38.5 Å². The van der Waals surface area contributed by atoms with Crippen LogP contribution in [0.3, 0.4) is 0 Å². The number of rotatable bonds is 5. The van der Waals surface area contributed by atoms with Gasteiger partial charge in [0, 0.05) is 48.6 Å². The lowest BCUT2D eigenvalue weighted by Gasteiger charge is -2.10. The summed E-state index contributed by atoms with van der Waals surface area (Å²) in [5.41, 5.74) is 4.14. The quantitative estimate of drug-likeness (QED) is 0.587. The minimum Gasteiger partial charge on any atom is -0.376 e. The third-order valence-electron chi connectivity index (χ3n) is 5.04. The van der Waals surface area contributed by atoms with Crippen molar-refractivity contribution in [3.63, 3.8) is 0 Å². The third-order valence-corrected chi connectivity index (χ3v) is 5.04. The Balaban J connectivity index is 1.45. The van der Waals surface area contributed by atoms with Gasteiger partial charge in [-0.2, -0.15) is 0 Å². The first-order valence-corrected chi connectivity index (χ1v) is 9.34. The number of aromatic nitrogens is 6. The highest BCUT2D eigenvalue weighted by Gasteiger charge is 2.16. The number of ether oxygens (including phenoxy) is 1. The molecule has 0 spiro atoms. The van der Waals surface area contributed by atoms with Gasteiger partial charge in [0.05, 0.1) is 24.0 Å². The number of nitrogens with zero attached hydrogens (tertiary/aromatic N) is 6. The van der Waals surface area contributed by atoms with E-state index in [1.807, 2.05) is 39.8 Å². The Hall–Kier alpha value is -3.00. The Morgan fingerprint density at radius 3 is 3.00 bits per heavy atom. The van der Waals surface area contributed by atoms with Gasteiger partial charge in [0.25, 0.3) is 0 Å². The summed E-state index contributed by atoms with van der Waals surface area (Å²) in [6, 6.07) is 2.04. The first-order chi connectivity index (χ1) is 13.3. The van der Waals surface area contributed by atoms with Crippen molar-refractivity contribution < 1.29 is 4.74 Å². The lowest BCUT2D eigenvalue weighted by Crippen LogP contribution is -2.20. The molecule has 1 N–H and O–H groups in total. The first kappa shape index (κ1) is 16.2. The van der Waals surface area contributed by atoms with Crippen molar-refractivity contribution in [1.29, 1.82) is 0 Å². The molecule has 1 aliphatic heterocycles. The molecular formula is C19H21N7O. The van der Waals surface area contributed by atoms with Gasteiger partial charge in [0.15, 0.2) is 0 Å². The normalized spacial score (nSPS) is 17.1. The first-order valence-electron chi connectivity index (χ1n) is 9.34. The van der Waals surface area contributed by atoms with E-state index in [-0.39, 0.29) is 6.10 Å². The van der Waals surface area contributed by atoms with Gasteiger partial charge in [-0.1, -0.05) is 6.92 Å². The molecule has 5 rings (SSSR count). The lowest BCUT2D eigenvalue weighted by molar-refractivity contribution is 0.120. The molecule has 27 heavy (non-hydrogen) atoms. The predicted molar refractivity (Wildman–Crippen MR) is 102 cm³/mol. The van der Waals surface area contributed by atoms with Gasteiger partial charge in [-0.25, -0.2) is 19.5 Å². The van der Waals surface area contributed by atoms with Crippen LogP contribution in [0.1, 0.15) is 25.5 Å². The van der Waals surface area contributed by atoms with Crippen molar-refractivity contribution in [1.82, 2.24) is 29.0 Å². The van der Waals surface area contributed by atoms with Crippen LogP contribution < -0.4 is 5.32 Å². The van der Waals surface area contributed by atoms with E-state index in [9.17, 15) is 0 Å². The van der Waals surface area contributed by atoms with E-state index >= 15 is 0 Å². The minimum absolute atomic E-state index is 0.255. The number of fused-ring (bicyclic) bond motifs is 2. The molecule has 8 nitrogen and oxygen atoms in total. The number of nitrogens with one attached hydrogen (secondary N) is 1. The van der Waals surface area contributed by atoms with Crippen molar-refractivity contribution in [2.75, 3.05) is 18.5 Å². The summed E-state index contributed by atoms with van der Waals surface area (Å²) in [5, 5.41) is 7.84. The summed E-state index contributed by atoms with van der Waals surface area (Å²) in [6.07, 6.45) is 13.0. The maximum Gasteiger partial charge on any atom is 0.241 e. The van der Waals surface area contributed by atoms with Gasteiger partial charge in [-0.3, -0.25) is 4.40 Å². The maximum absolute atomic E-state index is 5.63. The summed E-state index contributed by atoms with van der Waals surface area (Å²) in [4.78, 5) is 13.3. The van der Waals surface area contributed by atoms with Gasteiger partial charge in [0.2, 0.25) is 11.7 Å². The Kier molecular flexibility index (Phi) is 3.97. The molecule has 4 aromatic rings. The van der Waals surface area contributed by atoms with Crippen molar-refractivity contribution in [2.45, 2.75) is 32.3 Å². The average molecular weight is 363 g/mol. The van der Waals surface area contributed by atoms with Crippen LogP contribution in [-0.2, 0) is 11.2 Å². The lowest BCUT2D eigenvalue weighted by atomic mass is 10.1.